The van der Waals surface area contributed by atoms with Gasteiger partial charge >= 0.3 is 0 Å². The average Bonchev–Trinajstić information content (AvgIpc) is 2.28. The van der Waals surface area contributed by atoms with E-state index in [0.717, 1.165) is 18.5 Å². The Kier molecular flexibility index (Phi) is 3.99. The summed E-state index contributed by atoms with van der Waals surface area (Å²) in [6, 6.07) is 3.05. The van der Waals surface area contributed by atoms with E-state index >= 15 is 0 Å². The summed E-state index contributed by atoms with van der Waals surface area (Å²) in [5.74, 6) is 0.368. The molecule has 2 rings (SSSR count). The van der Waals surface area contributed by atoms with Crippen LogP contribution in [-0.2, 0) is 6.42 Å². The van der Waals surface area contributed by atoms with Gasteiger partial charge in [0, 0.05) is 18.0 Å². The number of H-pyrrole nitrogens is 1. The number of rotatable bonds is 3. The van der Waals surface area contributed by atoms with Crippen molar-refractivity contribution in [1.82, 2.24) is 15.0 Å². The van der Waals surface area contributed by atoms with E-state index in [2.05, 4.69) is 15.0 Å². The smallest absolute Gasteiger partial charge is 0.251 e. The third kappa shape index (κ3) is 2.89. The van der Waals surface area contributed by atoms with E-state index in [4.69, 9.17) is 23.2 Å². The van der Waals surface area contributed by atoms with Gasteiger partial charge in [0.15, 0.2) is 5.82 Å². The molecule has 2 heterocycles. The fourth-order valence-corrected chi connectivity index (χ4v) is 2.06. The number of aryl methyl sites for hydroxylation is 1. The molecule has 0 fully saturated rings. The molecule has 0 aliphatic rings. The summed E-state index contributed by atoms with van der Waals surface area (Å²) < 4.78 is 0. The minimum atomic E-state index is -0.212. The molecule has 2 aromatic heterocycles. The van der Waals surface area contributed by atoms with Crippen LogP contribution in [0.5, 0.6) is 0 Å². The Labute approximate surface area is 114 Å². The maximum Gasteiger partial charge on any atom is 0.251 e. The maximum atomic E-state index is 11.5. The molecule has 0 saturated carbocycles. The Morgan fingerprint density at radius 1 is 1.33 bits per heavy atom. The van der Waals surface area contributed by atoms with Gasteiger partial charge in [-0.1, -0.05) is 36.5 Å². The second-order valence-corrected chi connectivity index (χ2v) is 4.66. The first-order valence-electron chi connectivity index (χ1n) is 5.52. The number of hydrogen-bond donors (Lipinski definition) is 1. The van der Waals surface area contributed by atoms with Crippen LogP contribution < -0.4 is 5.56 Å². The van der Waals surface area contributed by atoms with Gasteiger partial charge in [-0.25, -0.2) is 9.97 Å². The van der Waals surface area contributed by atoms with Crippen molar-refractivity contribution in [1.29, 1.82) is 0 Å². The summed E-state index contributed by atoms with van der Waals surface area (Å²) in [6.45, 7) is 2.02. The molecule has 94 valence electrons. The molecule has 0 radical (unpaired) electrons. The van der Waals surface area contributed by atoms with Crippen molar-refractivity contribution >= 4 is 23.2 Å². The highest BCUT2D eigenvalue weighted by Gasteiger charge is 2.10. The van der Waals surface area contributed by atoms with Crippen molar-refractivity contribution in [2.24, 2.45) is 0 Å². The Morgan fingerprint density at radius 2 is 2.11 bits per heavy atom. The largest absolute Gasteiger partial charge is 0.305 e. The van der Waals surface area contributed by atoms with Crippen LogP contribution in [0.25, 0.3) is 11.5 Å². The lowest BCUT2D eigenvalue weighted by atomic mass is 10.2. The molecule has 0 spiro atoms. The van der Waals surface area contributed by atoms with Crippen LogP contribution in [0.1, 0.15) is 19.0 Å². The molecule has 0 bridgehead atoms. The molecular weight excluding hydrogens is 273 g/mol. The average molecular weight is 284 g/mol. The van der Waals surface area contributed by atoms with E-state index < -0.39 is 0 Å². The molecule has 0 aromatic carbocycles. The number of hydrogen-bond acceptors (Lipinski definition) is 3. The number of halogens is 2. The van der Waals surface area contributed by atoms with Crippen LogP contribution in [0.4, 0.5) is 0 Å². The van der Waals surface area contributed by atoms with Gasteiger partial charge in [0.25, 0.3) is 5.56 Å². The molecule has 0 atom stereocenters. The van der Waals surface area contributed by atoms with Gasteiger partial charge in [-0.15, -0.1) is 0 Å². The molecule has 1 N–H and O–H groups in total. The zero-order valence-corrected chi connectivity index (χ0v) is 11.2. The normalized spacial score (nSPS) is 10.6. The van der Waals surface area contributed by atoms with E-state index in [1.54, 1.807) is 6.07 Å². The number of aromatic nitrogens is 3. The first-order valence-corrected chi connectivity index (χ1v) is 6.27. The third-order valence-electron chi connectivity index (χ3n) is 2.33. The fourth-order valence-electron chi connectivity index (χ4n) is 1.59. The zero-order chi connectivity index (χ0) is 13.1. The maximum absolute atomic E-state index is 11.5. The molecule has 0 saturated heterocycles. The number of pyridine rings is 1. The van der Waals surface area contributed by atoms with Crippen LogP contribution in [-0.4, -0.2) is 15.0 Å². The van der Waals surface area contributed by atoms with Gasteiger partial charge < -0.3 is 4.98 Å². The lowest BCUT2D eigenvalue weighted by Crippen LogP contribution is -2.11. The molecule has 2 aromatic rings. The van der Waals surface area contributed by atoms with E-state index in [0.29, 0.717) is 21.6 Å². The molecule has 4 nitrogen and oxygen atoms in total. The van der Waals surface area contributed by atoms with E-state index in [1.807, 2.05) is 6.92 Å². The van der Waals surface area contributed by atoms with Crippen molar-refractivity contribution in [2.75, 3.05) is 0 Å². The first kappa shape index (κ1) is 13.1. The Balaban J connectivity index is 2.53. The predicted octanol–water partition coefficient (Wildman–Crippen LogP) is 3.09. The second kappa shape index (κ2) is 5.50. The van der Waals surface area contributed by atoms with Gasteiger partial charge in [0.2, 0.25) is 0 Å². The minimum absolute atomic E-state index is 0.212. The lowest BCUT2D eigenvalue weighted by molar-refractivity contribution is 0.868. The highest BCUT2D eigenvalue weighted by molar-refractivity contribution is 6.35. The predicted molar refractivity (Wildman–Crippen MR) is 72.1 cm³/mol. The summed E-state index contributed by atoms with van der Waals surface area (Å²) >= 11 is 11.8. The first-order chi connectivity index (χ1) is 8.60. The molecule has 0 amide bonds. The molecule has 0 aliphatic carbocycles. The van der Waals surface area contributed by atoms with Gasteiger partial charge in [-0.3, -0.25) is 4.79 Å². The van der Waals surface area contributed by atoms with Crippen molar-refractivity contribution in [3.63, 3.8) is 0 Å². The van der Waals surface area contributed by atoms with Crippen LogP contribution in [0.2, 0.25) is 10.0 Å². The van der Waals surface area contributed by atoms with Crippen LogP contribution >= 0.6 is 23.2 Å². The summed E-state index contributed by atoms with van der Waals surface area (Å²) in [5, 5.41) is 0.801. The van der Waals surface area contributed by atoms with Crippen LogP contribution in [0, 0.1) is 0 Å². The van der Waals surface area contributed by atoms with Crippen molar-refractivity contribution in [3.8, 4) is 11.5 Å². The number of nitrogens with one attached hydrogen (secondary N) is 1. The van der Waals surface area contributed by atoms with Crippen LogP contribution in [0.15, 0.2) is 23.1 Å². The molecule has 0 aliphatic heterocycles. The van der Waals surface area contributed by atoms with Gasteiger partial charge in [-0.05, 0) is 12.5 Å². The quantitative estimate of drug-likeness (QED) is 0.942. The second-order valence-electron chi connectivity index (χ2n) is 3.82. The molecular formula is C12H11Cl2N3O. The van der Waals surface area contributed by atoms with Crippen molar-refractivity contribution in [2.45, 2.75) is 19.8 Å². The van der Waals surface area contributed by atoms with Crippen molar-refractivity contribution in [3.05, 3.63) is 44.4 Å². The third-order valence-corrected chi connectivity index (χ3v) is 2.83. The summed E-state index contributed by atoms with van der Waals surface area (Å²) in [4.78, 5) is 22.6. The van der Waals surface area contributed by atoms with E-state index in [9.17, 15) is 4.79 Å². The monoisotopic (exact) mass is 283 g/mol. The van der Waals surface area contributed by atoms with E-state index in [1.165, 1.54) is 12.3 Å². The Hall–Kier alpha value is -1.39. The van der Waals surface area contributed by atoms with Crippen molar-refractivity contribution < 1.29 is 0 Å². The SMILES string of the molecule is CCCc1cc(=O)[nH]c(-c2ncc(Cl)cc2Cl)n1. The number of aromatic amines is 1. The molecule has 0 unspecified atom stereocenters. The zero-order valence-electron chi connectivity index (χ0n) is 9.70. The summed E-state index contributed by atoms with van der Waals surface area (Å²) in [7, 11) is 0. The number of nitrogens with zero attached hydrogens (tertiary/aromatic N) is 2. The van der Waals surface area contributed by atoms with Gasteiger partial charge in [0.1, 0.15) is 5.69 Å². The molecule has 18 heavy (non-hydrogen) atoms. The topological polar surface area (TPSA) is 58.6 Å². The van der Waals surface area contributed by atoms with E-state index in [-0.39, 0.29) is 5.56 Å². The Bertz CT molecular complexity index is 625. The van der Waals surface area contributed by atoms with Gasteiger partial charge in [-0.2, -0.15) is 0 Å². The summed E-state index contributed by atoms with van der Waals surface area (Å²) in [5.41, 5.74) is 0.941. The van der Waals surface area contributed by atoms with Gasteiger partial charge in [0.05, 0.1) is 10.0 Å². The highest BCUT2D eigenvalue weighted by Crippen LogP contribution is 2.24. The molecule has 6 heteroatoms. The lowest BCUT2D eigenvalue weighted by Gasteiger charge is -2.05. The standard InChI is InChI=1S/C12H11Cl2N3O/c1-2-3-8-5-10(18)17-12(16-8)11-9(14)4-7(13)6-15-11/h4-6H,2-3H2,1H3,(H,16,17,18). The minimum Gasteiger partial charge on any atom is -0.305 e. The van der Waals surface area contributed by atoms with Crippen LogP contribution in [0.3, 0.4) is 0 Å². The Morgan fingerprint density at radius 3 is 2.78 bits per heavy atom. The summed E-state index contributed by atoms with van der Waals surface area (Å²) in [6.07, 6.45) is 3.12. The highest BCUT2D eigenvalue weighted by atomic mass is 35.5. The fraction of sp³-hybridized carbons (Fsp3) is 0.250.